The predicted octanol–water partition coefficient (Wildman–Crippen LogP) is 3.69. The average Bonchev–Trinajstić information content (AvgIpc) is 3.66. The van der Waals surface area contributed by atoms with Gasteiger partial charge in [0.25, 0.3) is 0 Å². The van der Waals surface area contributed by atoms with Crippen molar-refractivity contribution in [2.45, 2.75) is 94.6 Å². The highest BCUT2D eigenvalue weighted by Gasteiger charge is 2.54. The second-order valence-corrected chi connectivity index (χ2v) is 17.1. The molecule has 0 bridgehead atoms. The number of ether oxygens (including phenoxy) is 2. The van der Waals surface area contributed by atoms with Gasteiger partial charge in [-0.2, -0.15) is 5.09 Å². The lowest BCUT2D eigenvalue weighted by atomic mass is 9.96. The van der Waals surface area contributed by atoms with Gasteiger partial charge in [-0.05, 0) is 83.2 Å². The minimum Gasteiger partial charge on any atom is -0.461 e. The van der Waals surface area contributed by atoms with Crippen LogP contribution >= 0.6 is 19.3 Å². The lowest BCUT2D eigenvalue weighted by Gasteiger charge is -2.33. The molecule has 2 saturated carbocycles. The molecule has 1 aromatic carbocycles. The quantitative estimate of drug-likeness (QED) is 0.171. The number of carbonyl (C=O) groups is 1. The summed E-state index contributed by atoms with van der Waals surface area (Å²) in [6.07, 6.45) is 3.50. The summed E-state index contributed by atoms with van der Waals surface area (Å²) in [5.74, 6) is -0.320. The maximum atomic E-state index is 14.2. The molecule has 0 spiro atoms. The van der Waals surface area contributed by atoms with Gasteiger partial charge in [0, 0.05) is 17.3 Å². The molecule has 262 valence electrons. The number of rotatable bonds is 13. The highest BCUT2D eigenvalue weighted by Crippen LogP contribution is 2.49. The zero-order valence-electron chi connectivity index (χ0n) is 26.9. The first-order valence-electron chi connectivity index (χ1n) is 15.6. The van der Waals surface area contributed by atoms with Crippen LogP contribution in [0.4, 0.5) is 5.82 Å². The molecule has 18 heteroatoms. The molecule has 6 rings (SSSR count). The number of aliphatic hydroxyl groups excluding tert-OH is 1. The second kappa shape index (κ2) is 12.8. The fourth-order valence-electron chi connectivity index (χ4n) is 5.67. The van der Waals surface area contributed by atoms with Gasteiger partial charge in [0.2, 0.25) is 10.0 Å². The Kier molecular flexibility index (Phi) is 9.35. The molecular weight excluding hydrogens is 689 g/mol. The standard InChI is InChI=1S/C30H39ClN5O10PS/c1-29(2,28(38)44-20-6-5-7-20)34-47(40,46-21-12-8-18(31)9-13-21)43-16-23-24(37)30(3,39)27(45-23)35-15-14-22-25(35)32-17-33-26(22)36(19-10-11-19)48(4,41)42/h8-9,12-15,17,19-20,23-24,27,37,39H,5-7,10-11,16H2,1-4H3,(H,34,40)/t23?,24-,27?,30-,47?/m1/s1. The minimum absolute atomic E-state index is 0.125. The molecule has 3 heterocycles. The Morgan fingerprint density at radius 3 is 2.50 bits per heavy atom. The number of fused-ring (bicyclic) bond motifs is 1. The van der Waals surface area contributed by atoms with Crippen molar-refractivity contribution in [3.63, 3.8) is 0 Å². The number of halogens is 1. The van der Waals surface area contributed by atoms with Crippen LogP contribution in [0.2, 0.25) is 5.02 Å². The number of nitrogens with one attached hydrogen (secondary N) is 1. The van der Waals surface area contributed by atoms with Crippen LogP contribution in [0.5, 0.6) is 5.75 Å². The van der Waals surface area contributed by atoms with Crippen molar-refractivity contribution >= 4 is 52.2 Å². The number of aliphatic hydroxyl groups is 2. The van der Waals surface area contributed by atoms with Gasteiger partial charge in [-0.25, -0.2) is 23.0 Å². The SMILES string of the molecule is CC(C)(NP(=O)(OCC1OC(n2ccc3c(N(C4CC4)S(C)(=O)=O)ncnc32)[C@](C)(O)[C@@H]1O)Oc1ccc(Cl)cc1)C(=O)OC1CCC1. The Morgan fingerprint density at radius 2 is 1.90 bits per heavy atom. The Morgan fingerprint density at radius 1 is 1.21 bits per heavy atom. The summed E-state index contributed by atoms with van der Waals surface area (Å²) in [6, 6.07) is 7.41. The summed E-state index contributed by atoms with van der Waals surface area (Å²) in [5, 5.41) is 26.2. The monoisotopic (exact) mass is 727 g/mol. The topological polar surface area (TPSA) is 192 Å². The molecule has 0 radical (unpaired) electrons. The van der Waals surface area contributed by atoms with Crippen LogP contribution in [-0.2, 0) is 33.4 Å². The van der Waals surface area contributed by atoms with Gasteiger partial charge in [-0.15, -0.1) is 0 Å². The van der Waals surface area contributed by atoms with Gasteiger partial charge in [-0.1, -0.05) is 11.6 Å². The molecule has 2 aromatic heterocycles. The highest BCUT2D eigenvalue weighted by atomic mass is 35.5. The molecule has 2 aliphatic carbocycles. The van der Waals surface area contributed by atoms with E-state index in [1.807, 2.05) is 0 Å². The van der Waals surface area contributed by atoms with Crippen molar-refractivity contribution in [2.24, 2.45) is 0 Å². The number of nitrogens with zero attached hydrogens (tertiary/aromatic N) is 4. The van der Waals surface area contributed by atoms with Crippen molar-refractivity contribution in [1.29, 1.82) is 0 Å². The van der Waals surface area contributed by atoms with E-state index in [4.69, 9.17) is 30.1 Å². The van der Waals surface area contributed by atoms with E-state index in [0.717, 1.165) is 25.5 Å². The Bertz CT molecular complexity index is 1830. The molecule has 3 aromatic rings. The van der Waals surface area contributed by atoms with Crippen molar-refractivity contribution in [1.82, 2.24) is 19.6 Å². The van der Waals surface area contributed by atoms with Crippen molar-refractivity contribution < 1.29 is 46.5 Å². The molecule has 15 nitrogen and oxygen atoms in total. The van der Waals surface area contributed by atoms with Gasteiger partial charge in [-0.3, -0.25) is 13.6 Å². The molecule has 48 heavy (non-hydrogen) atoms. The highest BCUT2D eigenvalue weighted by molar-refractivity contribution is 7.92. The second-order valence-electron chi connectivity index (χ2n) is 13.2. The van der Waals surface area contributed by atoms with Crippen LogP contribution in [0, 0.1) is 0 Å². The van der Waals surface area contributed by atoms with E-state index < -0.39 is 59.9 Å². The third-order valence-electron chi connectivity index (χ3n) is 8.64. The predicted molar refractivity (Wildman–Crippen MR) is 175 cm³/mol. The molecule has 3 aliphatic rings. The van der Waals surface area contributed by atoms with Gasteiger partial charge in [0.05, 0.1) is 18.2 Å². The molecule has 0 amide bonds. The van der Waals surface area contributed by atoms with Gasteiger partial charge >= 0.3 is 13.7 Å². The van der Waals surface area contributed by atoms with E-state index in [2.05, 4.69) is 15.1 Å². The molecule has 1 aliphatic heterocycles. The first kappa shape index (κ1) is 35.0. The van der Waals surface area contributed by atoms with Crippen LogP contribution in [0.1, 0.15) is 59.1 Å². The van der Waals surface area contributed by atoms with Crippen LogP contribution in [0.25, 0.3) is 11.0 Å². The lowest BCUT2D eigenvalue weighted by molar-refractivity contribution is -0.159. The third-order valence-corrected chi connectivity index (χ3v) is 11.9. The summed E-state index contributed by atoms with van der Waals surface area (Å²) in [5.41, 5.74) is -3.17. The van der Waals surface area contributed by atoms with E-state index >= 15 is 0 Å². The summed E-state index contributed by atoms with van der Waals surface area (Å²) in [6.45, 7) is 3.80. The number of benzene rings is 1. The zero-order chi connectivity index (χ0) is 34.6. The number of hydrogen-bond acceptors (Lipinski definition) is 12. The van der Waals surface area contributed by atoms with Crippen LogP contribution in [0.15, 0.2) is 42.9 Å². The smallest absolute Gasteiger partial charge is 0.459 e. The third kappa shape index (κ3) is 7.08. The number of aromatic nitrogens is 3. The Balaban J connectivity index is 1.24. The fraction of sp³-hybridized carbons (Fsp3) is 0.567. The summed E-state index contributed by atoms with van der Waals surface area (Å²) < 4.78 is 65.5. The maximum absolute atomic E-state index is 14.2. The zero-order valence-corrected chi connectivity index (χ0v) is 29.3. The molecule has 3 unspecified atom stereocenters. The largest absolute Gasteiger partial charge is 0.461 e. The number of carbonyl (C=O) groups excluding carboxylic acids is 1. The molecule has 5 atom stereocenters. The first-order chi connectivity index (χ1) is 22.5. The van der Waals surface area contributed by atoms with Gasteiger partial charge in [0.1, 0.15) is 47.2 Å². The summed E-state index contributed by atoms with van der Waals surface area (Å²) in [7, 11) is -8.05. The molecule has 3 N–H and O–H groups in total. The molecular formula is C30H39ClN5O10PS. The van der Waals surface area contributed by atoms with Crippen LogP contribution < -0.4 is 13.9 Å². The van der Waals surface area contributed by atoms with Gasteiger partial charge < -0.3 is 28.8 Å². The number of esters is 1. The first-order valence-corrected chi connectivity index (χ1v) is 19.3. The van der Waals surface area contributed by atoms with E-state index in [9.17, 15) is 28.0 Å². The number of sulfonamides is 1. The van der Waals surface area contributed by atoms with Crippen molar-refractivity contribution in [3.8, 4) is 5.75 Å². The van der Waals surface area contributed by atoms with E-state index in [0.29, 0.717) is 23.3 Å². The average molecular weight is 728 g/mol. The number of hydrogen-bond donors (Lipinski definition) is 3. The lowest BCUT2D eigenvalue weighted by Crippen LogP contribution is -2.49. The van der Waals surface area contributed by atoms with Crippen molar-refractivity contribution in [2.75, 3.05) is 17.2 Å². The van der Waals surface area contributed by atoms with Gasteiger partial charge in [0.15, 0.2) is 12.0 Å². The van der Waals surface area contributed by atoms with Crippen molar-refractivity contribution in [3.05, 3.63) is 47.9 Å². The summed E-state index contributed by atoms with van der Waals surface area (Å²) in [4.78, 5) is 21.6. The van der Waals surface area contributed by atoms with E-state index in [-0.39, 0.29) is 29.4 Å². The maximum Gasteiger partial charge on any atom is 0.459 e. The van der Waals surface area contributed by atoms with E-state index in [1.165, 1.54) is 60.2 Å². The fourth-order valence-corrected chi connectivity index (χ4v) is 8.69. The molecule has 3 fully saturated rings. The van der Waals surface area contributed by atoms with Crippen LogP contribution in [0.3, 0.4) is 0 Å². The Labute approximate surface area is 283 Å². The van der Waals surface area contributed by atoms with E-state index in [1.54, 1.807) is 12.3 Å². The Hall–Kier alpha value is -2.82. The summed E-state index contributed by atoms with van der Waals surface area (Å²) >= 11 is 6.00. The molecule has 1 saturated heterocycles. The minimum atomic E-state index is -4.40. The normalized spacial score (nSPS) is 26.2. The number of anilines is 1. The van der Waals surface area contributed by atoms with Crippen LogP contribution in [-0.4, -0.2) is 87.5 Å².